The van der Waals surface area contributed by atoms with Crippen LogP contribution in [0.1, 0.15) is 35.7 Å². The first kappa shape index (κ1) is 20.0. The molecule has 0 aliphatic heterocycles. The number of benzene rings is 2. The summed E-state index contributed by atoms with van der Waals surface area (Å²) in [5.41, 5.74) is 2.93. The van der Waals surface area contributed by atoms with E-state index in [0.29, 0.717) is 43.4 Å². The minimum Gasteiger partial charge on any atom is -0.379 e. The molecule has 148 valence electrons. The summed E-state index contributed by atoms with van der Waals surface area (Å²) < 4.78 is 10.8. The molecule has 28 heavy (non-hydrogen) atoms. The molecule has 6 nitrogen and oxygen atoms in total. The van der Waals surface area contributed by atoms with Gasteiger partial charge in [0.1, 0.15) is 0 Å². The summed E-state index contributed by atoms with van der Waals surface area (Å²) in [4.78, 5) is 24.2. The Hall–Kier alpha value is -2.70. The van der Waals surface area contributed by atoms with Gasteiger partial charge in [0.2, 0.25) is 5.91 Å². The molecule has 0 aromatic heterocycles. The van der Waals surface area contributed by atoms with Crippen LogP contribution in [0.3, 0.4) is 0 Å². The molecule has 1 fully saturated rings. The number of hydrogen-bond acceptors (Lipinski definition) is 4. The Morgan fingerprint density at radius 3 is 2.43 bits per heavy atom. The Balaban J connectivity index is 1.50. The van der Waals surface area contributed by atoms with Gasteiger partial charge in [0.05, 0.1) is 19.8 Å². The van der Waals surface area contributed by atoms with Crippen LogP contribution in [-0.4, -0.2) is 31.6 Å². The van der Waals surface area contributed by atoms with Crippen molar-refractivity contribution in [2.45, 2.75) is 26.4 Å². The fourth-order valence-corrected chi connectivity index (χ4v) is 2.69. The normalized spacial score (nSPS) is 13.2. The highest BCUT2D eigenvalue weighted by Crippen LogP contribution is 2.30. The molecule has 2 N–H and O–H groups in total. The number of ether oxygens (including phenoxy) is 2. The van der Waals surface area contributed by atoms with Crippen molar-refractivity contribution in [2.24, 2.45) is 5.92 Å². The summed E-state index contributed by atoms with van der Waals surface area (Å²) in [6.07, 6.45) is 1.92. The molecule has 0 heterocycles. The Morgan fingerprint density at radius 2 is 1.71 bits per heavy atom. The van der Waals surface area contributed by atoms with Crippen LogP contribution in [0.25, 0.3) is 0 Å². The van der Waals surface area contributed by atoms with E-state index < -0.39 is 0 Å². The smallest absolute Gasteiger partial charge is 0.255 e. The highest BCUT2D eigenvalue weighted by molar-refractivity contribution is 6.04. The summed E-state index contributed by atoms with van der Waals surface area (Å²) in [7, 11) is 0. The molecule has 0 radical (unpaired) electrons. The first-order chi connectivity index (χ1) is 13.7. The maximum atomic E-state index is 12.5. The van der Waals surface area contributed by atoms with Gasteiger partial charge < -0.3 is 20.1 Å². The molecule has 2 aromatic carbocycles. The molecule has 0 unspecified atom stereocenters. The molecular weight excluding hydrogens is 356 g/mol. The van der Waals surface area contributed by atoms with Gasteiger partial charge in [-0.15, -0.1) is 0 Å². The molecule has 0 atom stereocenters. The fraction of sp³-hybridized carbons (Fsp3) is 0.364. The van der Waals surface area contributed by atoms with Crippen molar-refractivity contribution in [1.29, 1.82) is 0 Å². The molecule has 2 aromatic rings. The number of anilines is 2. The summed E-state index contributed by atoms with van der Waals surface area (Å²) in [5, 5.41) is 5.76. The monoisotopic (exact) mass is 382 g/mol. The van der Waals surface area contributed by atoms with Crippen molar-refractivity contribution < 1.29 is 19.1 Å². The van der Waals surface area contributed by atoms with Crippen molar-refractivity contribution in [2.75, 3.05) is 30.5 Å². The van der Waals surface area contributed by atoms with Crippen LogP contribution < -0.4 is 10.6 Å². The molecule has 6 heteroatoms. The Labute approximate surface area is 165 Å². The van der Waals surface area contributed by atoms with Gasteiger partial charge in [0.25, 0.3) is 5.91 Å². The highest BCUT2D eigenvalue weighted by atomic mass is 16.5. The first-order valence-electron chi connectivity index (χ1n) is 9.62. The summed E-state index contributed by atoms with van der Waals surface area (Å²) >= 11 is 0. The fourth-order valence-electron chi connectivity index (χ4n) is 2.69. The van der Waals surface area contributed by atoms with Gasteiger partial charge >= 0.3 is 0 Å². The highest BCUT2D eigenvalue weighted by Gasteiger charge is 2.29. The van der Waals surface area contributed by atoms with Gasteiger partial charge in [-0.2, -0.15) is 0 Å². The third-order valence-electron chi connectivity index (χ3n) is 4.39. The minimum atomic E-state index is -0.200. The van der Waals surface area contributed by atoms with Crippen LogP contribution in [-0.2, 0) is 20.9 Å². The second-order valence-electron chi connectivity index (χ2n) is 6.74. The average molecular weight is 382 g/mol. The van der Waals surface area contributed by atoms with Crippen LogP contribution in [0.5, 0.6) is 0 Å². The van der Waals surface area contributed by atoms with Crippen LogP contribution in [0.2, 0.25) is 0 Å². The SMILES string of the molecule is CCOCCOCc1cccc(NC(=O)c2ccc(NC(=O)C3CC3)cc2)c1. The quantitative estimate of drug-likeness (QED) is 0.612. The van der Waals surface area contributed by atoms with E-state index in [1.165, 1.54) is 0 Å². The van der Waals surface area contributed by atoms with Crippen molar-refractivity contribution in [3.05, 3.63) is 59.7 Å². The molecule has 1 saturated carbocycles. The largest absolute Gasteiger partial charge is 0.379 e. The zero-order valence-electron chi connectivity index (χ0n) is 16.1. The van der Waals surface area contributed by atoms with Gasteiger partial charge in [-0.05, 0) is 61.7 Å². The molecule has 3 rings (SSSR count). The summed E-state index contributed by atoms with van der Waals surface area (Å²) in [6.45, 7) is 4.20. The molecule has 0 spiro atoms. The second kappa shape index (κ2) is 10.0. The van der Waals surface area contributed by atoms with Crippen molar-refractivity contribution >= 4 is 23.2 Å². The number of hydrogen-bond donors (Lipinski definition) is 2. The maximum absolute atomic E-state index is 12.5. The maximum Gasteiger partial charge on any atom is 0.255 e. The topological polar surface area (TPSA) is 76.7 Å². The van der Waals surface area contributed by atoms with Crippen LogP contribution in [0.4, 0.5) is 11.4 Å². The van der Waals surface area contributed by atoms with Gasteiger partial charge in [-0.1, -0.05) is 12.1 Å². The van der Waals surface area contributed by atoms with Crippen molar-refractivity contribution in [1.82, 2.24) is 0 Å². The van der Waals surface area contributed by atoms with Crippen molar-refractivity contribution in [3.8, 4) is 0 Å². The number of rotatable bonds is 10. The predicted octanol–water partition coefficient (Wildman–Crippen LogP) is 3.84. The van der Waals surface area contributed by atoms with E-state index in [0.717, 1.165) is 18.4 Å². The van der Waals surface area contributed by atoms with Crippen LogP contribution >= 0.6 is 0 Å². The lowest BCUT2D eigenvalue weighted by atomic mass is 10.1. The standard InChI is InChI=1S/C22H26N2O4/c1-2-27-12-13-28-15-16-4-3-5-20(14-16)24-22(26)18-8-10-19(11-9-18)23-21(25)17-6-7-17/h3-5,8-11,14,17H,2,6-7,12-13,15H2,1H3,(H,23,25)(H,24,26). The summed E-state index contributed by atoms with van der Waals surface area (Å²) in [6, 6.07) is 14.5. The van der Waals surface area contributed by atoms with E-state index in [9.17, 15) is 9.59 Å². The van der Waals surface area contributed by atoms with Crippen LogP contribution in [0.15, 0.2) is 48.5 Å². The molecular formula is C22H26N2O4. The third-order valence-corrected chi connectivity index (χ3v) is 4.39. The number of carbonyl (C=O) groups excluding carboxylic acids is 2. The minimum absolute atomic E-state index is 0.0532. The summed E-state index contributed by atoms with van der Waals surface area (Å²) in [5.74, 6) is 0.00498. The Kier molecular flexibility index (Phi) is 7.17. The first-order valence-corrected chi connectivity index (χ1v) is 9.62. The van der Waals surface area contributed by atoms with Crippen LogP contribution in [0, 0.1) is 5.92 Å². The third kappa shape index (κ3) is 6.18. The molecule has 0 saturated heterocycles. The van der Waals surface area contributed by atoms with E-state index in [1.54, 1.807) is 24.3 Å². The molecule has 2 amide bonds. The van der Waals surface area contributed by atoms with E-state index >= 15 is 0 Å². The van der Waals surface area contributed by atoms with E-state index in [2.05, 4.69) is 10.6 Å². The lowest BCUT2D eigenvalue weighted by molar-refractivity contribution is -0.117. The van der Waals surface area contributed by atoms with Gasteiger partial charge in [0.15, 0.2) is 0 Å². The Bertz CT molecular complexity index is 800. The van der Waals surface area contributed by atoms with Gasteiger partial charge in [-0.25, -0.2) is 0 Å². The molecule has 0 bridgehead atoms. The number of amides is 2. The van der Waals surface area contributed by atoms with E-state index in [-0.39, 0.29) is 17.7 Å². The number of carbonyl (C=O) groups is 2. The zero-order chi connectivity index (χ0) is 19.8. The lowest BCUT2D eigenvalue weighted by Crippen LogP contribution is -2.14. The molecule has 1 aliphatic carbocycles. The molecule has 1 aliphatic rings. The van der Waals surface area contributed by atoms with Crippen molar-refractivity contribution in [3.63, 3.8) is 0 Å². The van der Waals surface area contributed by atoms with Gasteiger partial charge in [0, 0.05) is 29.5 Å². The average Bonchev–Trinajstić information content (AvgIpc) is 3.54. The van der Waals surface area contributed by atoms with E-state index in [4.69, 9.17) is 9.47 Å². The zero-order valence-corrected chi connectivity index (χ0v) is 16.1. The lowest BCUT2D eigenvalue weighted by Gasteiger charge is -2.09. The number of nitrogens with one attached hydrogen (secondary N) is 2. The van der Waals surface area contributed by atoms with E-state index in [1.807, 2.05) is 31.2 Å². The van der Waals surface area contributed by atoms with Gasteiger partial charge in [-0.3, -0.25) is 9.59 Å². The Morgan fingerprint density at radius 1 is 0.964 bits per heavy atom. The predicted molar refractivity (Wildman–Crippen MR) is 108 cm³/mol. The second-order valence-corrected chi connectivity index (χ2v) is 6.74.